The summed E-state index contributed by atoms with van der Waals surface area (Å²) >= 11 is 2.07. The van der Waals surface area contributed by atoms with Gasteiger partial charge in [-0.2, -0.15) is 0 Å². The number of rotatable bonds is 2. The van der Waals surface area contributed by atoms with E-state index in [1.165, 1.54) is 0 Å². The van der Waals surface area contributed by atoms with Crippen molar-refractivity contribution in [3.8, 4) is 0 Å². The summed E-state index contributed by atoms with van der Waals surface area (Å²) in [6.45, 7) is 7.05. The van der Waals surface area contributed by atoms with Crippen molar-refractivity contribution < 1.29 is 4.74 Å². The van der Waals surface area contributed by atoms with E-state index < -0.39 is 0 Å². The molecule has 1 saturated heterocycles. The third-order valence-corrected chi connectivity index (χ3v) is 4.07. The molecule has 0 spiro atoms. The van der Waals surface area contributed by atoms with Crippen molar-refractivity contribution in [3.05, 3.63) is 25.4 Å². The van der Waals surface area contributed by atoms with Crippen LogP contribution in [-0.4, -0.2) is 22.7 Å². The lowest BCUT2D eigenvalue weighted by Gasteiger charge is -2.20. The summed E-state index contributed by atoms with van der Waals surface area (Å²) in [4.78, 5) is 19.4. The molecule has 0 aliphatic carbocycles. The Morgan fingerprint density at radius 2 is 2.22 bits per heavy atom. The molecule has 0 aromatic carbocycles. The van der Waals surface area contributed by atoms with Crippen molar-refractivity contribution in [2.75, 3.05) is 6.61 Å². The van der Waals surface area contributed by atoms with Gasteiger partial charge in [0, 0.05) is 18.4 Å². The topological polar surface area (TPSA) is 55.0 Å². The molecule has 1 aromatic rings. The van der Waals surface area contributed by atoms with Crippen LogP contribution in [0.5, 0.6) is 0 Å². The Balaban J connectivity index is 2.32. The Morgan fingerprint density at radius 1 is 1.50 bits per heavy atom. The highest BCUT2D eigenvalue weighted by Gasteiger charge is 2.23. The van der Waals surface area contributed by atoms with Crippen LogP contribution in [0.25, 0.3) is 0 Å². The molecule has 0 bridgehead atoms. The first-order chi connectivity index (χ1) is 8.38. The monoisotopic (exact) mass is 362 g/mol. The maximum atomic E-state index is 11.9. The number of H-pyrrole nitrogens is 1. The van der Waals surface area contributed by atoms with Gasteiger partial charge < -0.3 is 9.72 Å². The second-order valence-corrected chi connectivity index (χ2v) is 6.84. The molecular formula is C13H19IN2O2. The largest absolute Gasteiger partial charge is 0.378 e. The first-order valence-electron chi connectivity index (χ1n) is 6.28. The number of aromatic nitrogens is 2. The molecule has 4 nitrogen and oxygen atoms in total. The number of hydrogen-bond donors (Lipinski definition) is 1. The molecule has 1 N–H and O–H groups in total. The fourth-order valence-electron chi connectivity index (χ4n) is 2.12. The molecule has 0 amide bonds. The van der Waals surface area contributed by atoms with E-state index in [-0.39, 0.29) is 17.1 Å². The van der Waals surface area contributed by atoms with E-state index in [0.717, 1.165) is 31.0 Å². The average molecular weight is 362 g/mol. The van der Waals surface area contributed by atoms with Crippen LogP contribution in [0.2, 0.25) is 0 Å². The van der Waals surface area contributed by atoms with E-state index in [9.17, 15) is 4.79 Å². The maximum absolute atomic E-state index is 11.9. The minimum absolute atomic E-state index is 0.0384. The highest BCUT2D eigenvalue weighted by molar-refractivity contribution is 14.1. The number of ether oxygens (including phenoxy) is 1. The summed E-state index contributed by atoms with van der Waals surface area (Å²) in [5.41, 5.74) is 0.721. The van der Waals surface area contributed by atoms with Crippen LogP contribution in [-0.2, 0) is 16.6 Å². The van der Waals surface area contributed by atoms with Crippen LogP contribution in [0.15, 0.2) is 4.79 Å². The molecule has 1 fully saturated rings. The summed E-state index contributed by atoms with van der Waals surface area (Å²) in [5.74, 6) is 0.747. The summed E-state index contributed by atoms with van der Waals surface area (Å²) in [7, 11) is 0. The van der Waals surface area contributed by atoms with Crippen molar-refractivity contribution in [1.82, 2.24) is 9.97 Å². The maximum Gasteiger partial charge on any atom is 0.264 e. The Kier molecular flexibility index (Phi) is 4.11. The SMILES string of the molecule is CC(C)(C)c1nc(CC2CCCO2)[nH]c(=O)c1I. The molecule has 18 heavy (non-hydrogen) atoms. The molecule has 1 atom stereocenters. The predicted molar refractivity (Wildman–Crippen MR) is 79.0 cm³/mol. The molecule has 1 unspecified atom stereocenters. The number of nitrogens with one attached hydrogen (secondary N) is 1. The van der Waals surface area contributed by atoms with E-state index in [4.69, 9.17) is 4.74 Å². The van der Waals surface area contributed by atoms with E-state index in [0.29, 0.717) is 9.99 Å². The molecule has 0 saturated carbocycles. The molecule has 5 heteroatoms. The van der Waals surface area contributed by atoms with Crippen molar-refractivity contribution in [1.29, 1.82) is 0 Å². The minimum atomic E-state index is -0.115. The van der Waals surface area contributed by atoms with Crippen molar-refractivity contribution in [2.24, 2.45) is 0 Å². The Bertz CT molecular complexity index is 485. The molecule has 1 aliphatic heterocycles. The van der Waals surface area contributed by atoms with Crippen LogP contribution >= 0.6 is 22.6 Å². The van der Waals surface area contributed by atoms with Crippen LogP contribution in [0, 0.1) is 3.57 Å². The van der Waals surface area contributed by atoms with Crippen molar-refractivity contribution in [2.45, 2.75) is 51.6 Å². The summed E-state index contributed by atoms with van der Waals surface area (Å²) < 4.78 is 6.28. The molecule has 0 radical (unpaired) electrons. The van der Waals surface area contributed by atoms with E-state index >= 15 is 0 Å². The van der Waals surface area contributed by atoms with E-state index in [1.807, 2.05) is 0 Å². The van der Waals surface area contributed by atoms with Crippen molar-refractivity contribution >= 4 is 22.6 Å². The highest BCUT2D eigenvalue weighted by atomic mass is 127. The zero-order chi connectivity index (χ0) is 13.3. The van der Waals surface area contributed by atoms with Gasteiger partial charge in [-0.15, -0.1) is 0 Å². The van der Waals surface area contributed by atoms with Gasteiger partial charge in [0.25, 0.3) is 5.56 Å². The molecule has 100 valence electrons. The molecule has 2 heterocycles. The normalized spacial score (nSPS) is 20.3. The van der Waals surface area contributed by atoms with Gasteiger partial charge in [-0.05, 0) is 35.4 Å². The standard InChI is InChI=1S/C13H19IN2O2/c1-13(2,3)11-10(14)12(17)16-9(15-11)7-8-5-4-6-18-8/h8H,4-7H2,1-3H3,(H,15,16,17). The Morgan fingerprint density at radius 3 is 2.78 bits per heavy atom. The Labute approximate surface area is 121 Å². The van der Waals surface area contributed by atoms with Gasteiger partial charge in [0.2, 0.25) is 0 Å². The minimum Gasteiger partial charge on any atom is -0.378 e. The van der Waals surface area contributed by atoms with Gasteiger partial charge >= 0.3 is 0 Å². The zero-order valence-electron chi connectivity index (χ0n) is 11.0. The van der Waals surface area contributed by atoms with E-state index in [2.05, 4.69) is 53.3 Å². The second-order valence-electron chi connectivity index (χ2n) is 5.76. The third kappa shape index (κ3) is 3.12. The molecule has 1 aliphatic rings. The summed E-state index contributed by atoms with van der Waals surface area (Å²) in [5, 5.41) is 0. The number of halogens is 1. The van der Waals surface area contributed by atoms with Crippen LogP contribution in [0.3, 0.4) is 0 Å². The lowest BCUT2D eigenvalue weighted by molar-refractivity contribution is 0.109. The van der Waals surface area contributed by atoms with Crippen LogP contribution in [0.1, 0.15) is 45.1 Å². The quantitative estimate of drug-likeness (QED) is 0.822. The highest BCUT2D eigenvalue weighted by Crippen LogP contribution is 2.23. The molecule has 2 rings (SSSR count). The molecular weight excluding hydrogens is 343 g/mol. The number of aromatic amines is 1. The zero-order valence-corrected chi connectivity index (χ0v) is 13.2. The van der Waals surface area contributed by atoms with E-state index in [1.54, 1.807) is 0 Å². The van der Waals surface area contributed by atoms with Gasteiger partial charge in [0.05, 0.1) is 11.8 Å². The fourth-order valence-corrected chi connectivity index (χ4v) is 3.18. The second kappa shape index (κ2) is 5.28. The predicted octanol–water partition coefficient (Wildman–Crippen LogP) is 2.39. The fraction of sp³-hybridized carbons (Fsp3) is 0.692. The lowest BCUT2D eigenvalue weighted by Crippen LogP contribution is -2.27. The number of hydrogen-bond acceptors (Lipinski definition) is 3. The first-order valence-corrected chi connectivity index (χ1v) is 7.36. The van der Waals surface area contributed by atoms with Gasteiger partial charge in [-0.25, -0.2) is 4.98 Å². The first kappa shape index (κ1) is 14.0. The van der Waals surface area contributed by atoms with Gasteiger partial charge in [0.1, 0.15) is 9.39 Å². The van der Waals surface area contributed by atoms with Crippen molar-refractivity contribution in [3.63, 3.8) is 0 Å². The van der Waals surface area contributed by atoms with Crippen LogP contribution < -0.4 is 5.56 Å². The summed E-state index contributed by atoms with van der Waals surface area (Å²) in [6.07, 6.45) is 3.07. The van der Waals surface area contributed by atoms with Gasteiger partial charge in [0.15, 0.2) is 0 Å². The lowest BCUT2D eigenvalue weighted by atomic mass is 9.92. The number of nitrogens with zero attached hydrogens (tertiary/aromatic N) is 1. The van der Waals surface area contributed by atoms with Gasteiger partial charge in [-0.1, -0.05) is 20.8 Å². The van der Waals surface area contributed by atoms with Crippen LogP contribution in [0.4, 0.5) is 0 Å². The van der Waals surface area contributed by atoms with Gasteiger partial charge in [-0.3, -0.25) is 4.79 Å². The molecule has 1 aromatic heterocycles. The summed E-state index contributed by atoms with van der Waals surface area (Å²) in [6, 6.07) is 0. The smallest absolute Gasteiger partial charge is 0.264 e. The Hall–Kier alpha value is -0.430. The average Bonchev–Trinajstić information content (AvgIpc) is 2.74. The third-order valence-electron chi connectivity index (χ3n) is 3.07.